The number of hydrogen-bond acceptors (Lipinski definition) is 3. The Balaban J connectivity index is 2.47. The Morgan fingerprint density at radius 3 is 2.45 bits per heavy atom. The van der Waals surface area contributed by atoms with Gasteiger partial charge in [0.15, 0.2) is 11.5 Å². The minimum Gasteiger partial charge on any atom is -0.354 e. The SMILES string of the molecule is CNC(=O)c1cc(C(C)=O)n([C@@H](C)c2ccccc2)n1. The van der Waals surface area contributed by atoms with Gasteiger partial charge < -0.3 is 5.32 Å². The van der Waals surface area contributed by atoms with Gasteiger partial charge in [0.1, 0.15) is 5.69 Å². The molecule has 0 unspecified atom stereocenters. The number of nitrogens with one attached hydrogen (secondary N) is 1. The Kier molecular flexibility index (Phi) is 3.98. The highest BCUT2D eigenvalue weighted by Crippen LogP contribution is 2.20. The van der Waals surface area contributed by atoms with Gasteiger partial charge in [-0.25, -0.2) is 0 Å². The van der Waals surface area contributed by atoms with Crippen molar-refractivity contribution in [3.05, 3.63) is 53.3 Å². The number of ketones is 1. The second kappa shape index (κ2) is 5.69. The van der Waals surface area contributed by atoms with Gasteiger partial charge in [-0.2, -0.15) is 5.10 Å². The molecule has 0 aliphatic carbocycles. The molecule has 1 N–H and O–H groups in total. The van der Waals surface area contributed by atoms with E-state index in [0.717, 1.165) is 5.56 Å². The second-order valence-corrected chi connectivity index (χ2v) is 4.58. The summed E-state index contributed by atoms with van der Waals surface area (Å²) in [4.78, 5) is 23.4. The van der Waals surface area contributed by atoms with Crippen LogP contribution >= 0.6 is 0 Å². The molecule has 0 saturated heterocycles. The van der Waals surface area contributed by atoms with E-state index in [0.29, 0.717) is 5.69 Å². The third-order valence-corrected chi connectivity index (χ3v) is 3.20. The average molecular weight is 271 g/mol. The van der Waals surface area contributed by atoms with Crippen LogP contribution < -0.4 is 5.32 Å². The summed E-state index contributed by atoms with van der Waals surface area (Å²) >= 11 is 0. The maximum absolute atomic E-state index is 11.7. The van der Waals surface area contributed by atoms with Gasteiger partial charge in [-0.1, -0.05) is 30.3 Å². The highest BCUT2D eigenvalue weighted by molar-refractivity contribution is 5.97. The Morgan fingerprint density at radius 2 is 1.90 bits per heavy atom. The van der Waals surface area contributed by atoms with Gasteiger partial charge in [0.25, 0.3) is 5.91 Å². The third kappa shape index (κ3) is 2.61. The summed E-state index contributed by atoms with van der Waals surface area (Å²) in [5, 5.41) is 6.78. The molecule has 2 rings (SSSR count). The van der Waals surface area contributed by atoms with Crippen LogP contribution in [0.3, 0.4) is 0 Å². The van der Waals surface area contributed by atoms with Crippen molar-refractivity contribution < 1.29 is 9.59 Å². The van der Waals surface area contributed by atoms with Crippen LogP contribution in [0.5, 0.6) is 0 Å². The van der Waals surface area contributed by atoms with Gasteiger partial charge in [-0.05, 0) is 12.5 Å². The molecule has 0 aliphatic heterocycles. The minimum absolute atomic E-state index is 0.115. The first-order valence-electron chi connectivity index (χ1n) is 6.42. The molecule has 1 atom stereocenters. The van der Waals surface area contributed by atoms with Crippen LogP contribution in [0, 0.1) is 0 Å². The first-order valence-corrected chi connectivity index (χ1v) is 6.42. The molecule has 0 saturated carbocycles. The predicted molar refractivity (Wildman–Crippen MR) is 75.9 cm³/mol. The monoisotopic (exact) mass is 271 g/mol. The molecular weight excluding hydrogens is 254 g/mol. The van der Waals surface area contributed by atoms with Crippen molar-refractivity contribution >= 4 is 11.7 Å². The Morgan fingerprint density at radius 1 is 1.25 bits per heavy atom. The summed E-state index contributed by atoms with van der Waals surface area (Å²) in [6.45, 7) is 3.42. The van der Waals surface area contributed by atoms with Crippen LogP contribution in [-0.4, -0.2) is 28.5 Å². The van der Waals surface area contributed by atoms with Crippen molar-refractivity contribution in [1.29, 1.82) is 0 Å². The number of carbonyl (C=O) groups is 2. The number of amides is 1. The van der Waals surface area contributed by atoms with Crippen LogP contribution in [0.15, 0.2) is 36.4 Å². The number of aromatic nitrogens is 2. The highest BCUT2D eigenvalue weighted by atomic mass is 16.2. The quantitative estimate of drug-likeness (QED) is 0.866. The standard InChI is InChI=1S/C15H17N3O2/c1-10(12-7-5-4-6-8-12)18-14(11(2)19)9-13(17-18)15(20)16-3/h4-10H,1-3H3,(H,16,20)/t10-/m0/s1. The van der Waals surface area contributed by atoms with Gasteiger partial charge in [-0.15, -0.1) is 0 Å². The Labute approximate surface area is 117 Å². The molecule has 1 heterocycles. The fourth-order valence-electron chi connectivity index (χ4n) is 2.06. The van der Waals surface area contributed by atoms with Crippen molar-refractivity contribution in [1.82, 2.24) is 15.1 Å². The predicted octanol–water partition coefficient (Wildman–Crippen LogP) is 2.05. The van der Waals surface area contributed by atoms with Crippen molar-refractivity contribution in [3.8, 4) is 0 Å². The second-order valence-electron chi connectivity index (χ2n) is 4.58. The lowest BCUT2D eigenvalue weighted by Gasteiger charge is -2.14. The largest absolute Gasteiger partial charge is 0.354 e. The molecule has 2 aromatic rings. The molecule has 0 spiro atoms. The molecule has 1 amide bonds. The summed E-state index contributed by atoms with van der Waals surface area (Å²) in [7, 11) is 1.54. The lowest BCUT2D eigenvalue weighted by atomic mass is 10.1. The van der Waals surface area contributed by atoms with Crippen molar-refractivity contribution in [3.63, 3.8) is 0 Å². The summed E-state index contributed by atoms with van der Waals surface area (Å²) in [5.74, 6) is -0.415. The van der Waals surface area contributed by atoms with E-state index in [1.165, 1.54) is 20.0 Å². The minimum atomic E-state index is -0.300. The van der Waals surface area contributed by atoms with Crippen LogP contribution in [0.2, 0.25) is 0 Å². The third-order valence-electron chi connectivity index (χ3n) is 3.20. The Hall–Kier alpha value is -2.43. The lowest BCUT2D eigenvalue weighted by molar-refractivity contribution is 0.0955. The van der Waals surface area contributed by atoms with Gasteiger partial charge in [-0.3, -0.25) is 14.3 Å². The number of rotatable bonds is 4. The number of benzene rings is 1. The van der Waals surface area contributed by atoms with Crippen LogP contribution in [0.1, 0.15) is 46.4 Å². The normalized spacial score (nSPS) is 11.9. The van der Waals surface area contributed by atoms with E-state index in [1.807, 2.05) is 37.3 Å². The number of carbonyl (C=O) groups excluding carboxylic acids is 2. The highest BCUT2D eigenvalue weighted by Gasteiger charge is 2.20. The molecule has 5 nitrogen and oxygen atoms in total. The molecule has 1 aromatic carbocycles. The molecule has 104 valence electrons. The molecule has 0 fully saturated rings. The first kappa shape index (κ1) is 14.0. The molecule has 0 aliphatic rings. The van der Waals surface area contributed by atoms with E-state index in [-0.39, 0.29) is 23.4 Å². The van der Waals surface area contributed by atoms with E-state index in [2.05, 4.69) is 10.4 Å². The fourth-order valence-corrected chi connectivity index (χ4v) is 2.06. The summed E-state index contributed by atoms with van der Waals surface area (Å²) in [5.41, 5.74) is 1.71. The molecule has 0 bridgehead atoms. The zero-order valence-corrected chi connectivity index (χ0v) is 11.8. The molecular formula is C15H17N3O2. The van der Waals surface area contributed by atoms with E-state index in [9.17, 15) is 9.59 Å². The van der Waals surface area contributed by atoms with Crippen molar-refractivity contribution in [2.24, 2.45) is 0 Å². The lowest BCUT2D eigenvalue weighted by Crippen LogP contribution is -2.19. The van der Waals surface area contributed by atoms with Crippen LogP contribution in [-0.2, 0) is 0 Å². The van der Waals surface area contributed by atoms with Gasteiger partial charge in [0.05, 0.1) is 6.04 Å². The van der Waals surface area contributed by atoms with Gasteiger partial charge in [0.2, 0.25) is 0 Å². The summed E-state index contributed by atoms with van der Waals surface area (Å²) in [6.07, 6.45) is 0. The summed E-state index contributed by atoms with van der Waals surface area (Å²) < 4.78 is 1.60. The molecule has 5 heteroatoms. The molecule has 20 heavy (non-hydrogen) atoms. The van der Waals surface area contributed by atoms with Gasteiger partial charge >= 0.3 is 0 Å². The van der Waals surface area contributed by atoms with E-state index in [4.69, 9.17) is 0 Å². The zero-order valence-electron chi connectivity index (χ0n) is 11.8. The van der Waals surface area contributed by atoms with E-state index < -0.39 is 0 Å². The zero-order chi connectivity index (χ0) is 14.7. The van der Waals surface area contributed by atoms with Crippen molar-refractivity contribution in [2.75, 3.05) is 7.05 Å². The smallest absolute Gasteiger partial charge is 0.271 e. The fraction of sp³-hybridized carbons (Fsp3) is 0.267. The molecule has 1 aromatic heterocycles. The van der Waals surface area contributed by atoms with Crippen LogP contribution in [0.4, 0.5) is 0 Å². The first-order chi connectivity index (χ1) is 9.54. The topological polar surface area (TPSA) is 64.0 Å². The van der Waals surface area contributed by atoms with Crippen LogP contribution in [0.25, 0.3) is 0 Å². The van der Waals surface area contributed by atoms with E-state index >= 15 is 0 Å². The number of nitrogens with zero attached hydrogens (tertiary/aromatic N) is 2. The molecule has 0 radical (unpaired) electrons. The van der Waals surface area contributed by atoms with E-state index in [1.54, 1.807) is 4.68 Å². The maximum Gasteiger partial charge on any atom is 0.271 e. The average Bonchev–Trinajstić information content (AvgIpc) is 2.92. The number of Topliss-reactive ketones (excluding diaryl/α,β-unsaturated/α-hetero) is 1. The van der Waals surface area contributed by atoms with Crippen molar-refractivity contribution in [2.45, 2.75) is 19.9 Å². The maximum atomic E-state index is 11.7. The Bertz CT molecular complexity index is 632. The van der Waals surface area contributed by atoms with Gasteiger partial charge in [0, 0.05) is 20.0 Å². The summed E-state index contributed by atoms with van der Waals surface area (Å²) in [6, 6.07) is 11.1. The number of hydrogen-bond donors (Lipinski definition) is 1.